The normalized spacial score (nSPS) is 16.3. The second-order valence-corrected chi connectivity index (χ2v) is 10.4. The summed E-state index contributed by atoms with van der Waals surface area (Å²) in [6, 6.07) is 17.5. The quantitative estimate of drug-likeness (QED) is 0.134. The minimum absolute atomic E-state index is 0.0219. The summed E-state index contributed by atoms with van der Waals surface area (Å²) in [7, 11) is 0. The first-order valence-electron chi connectivity index (χ1n) is 13.0. The molecule has 1 atom stereocenters. The highest BCUT2D eigenvalue weighted by molar-refractivity contribution is 7.98. The molecule has 4 rings (SSSR count). The van der Waals surface area contributed by atoms with Crippen LogP contribution in [0.15, 0.2) is 69.0 Å². The molecule has 2 aromatic carbocycles. The van der Waals surface area contributed by atoms with Crippen LogP contribution in [-0.2, 0) is 15.3 Å². The van der Waals surface area contributed by atoms with Crippen molar-refractivity contribution >= 4 is 52.4 Å². The third kappa shape index (κ3) is 8.45. The Morgan fingerprint density at radius 3 is 2.90 bits per heavy atom. The molecule has 202 valence electrons. The summed E-state index contributed by atoms with van der Waals surface area (Å²) in [6.45, 7) is 2.97. The standard InChI is InChI=1S/C29H32N6O3S/c1-21-15-24-16-25(10-11-26(24)38-21)34-29(33-20-30)32-17-23-9-5-6-13-35(28(23)37)18-27(36)31-12-14-39-19-22-7-3-2-4-8-22/h2-4,7-8,10-11,15-17,23H,5-6,9,12-14,18-19H2,1H3,(H,31,36)(H,33,34)/b32-17-. The molecule has 0 aliphatic carbocycles. The number of carbonyl (C=O) groups is 2. The van der Waals surface area contributed by atoms with Gasteiger partial charge < -0.3 is 14.6 Å². The molecule has 10 heteroatoms. The van der Waals surface area contributed by atoms with E-state index in [1.807, 2.05) is 49.5 Å². The molecule has 0 radical (unpaired) electrons. The highest BCUT2D eigenvalue weighted by atomic mass is 32.2. The largest absolute Gasteiger partial charge is 0.461 e. The van der Waals surface area contributed by atoms with E-state index < -0.39 is 5.92 Å². The van der Waals surface area contributed by atoms with Crippen LogP contribution in [0.1, 0.15) is 30.6 Å². The second-order valence-electron chi connectivity index (χ2n) is 9.28. The summed E-state index contributed by atoms with van der Waals surface area (Å²) in [4.78, 5) is 36.1. The second kappa shape index (κ2) is 14.2. The number of amides is 2. The number of nitrogens with zero attached hydrogens (tertiary/aromatic N) is 4. The summed E-state index contributed by atoms with van der Waals surface area (Å²) >= 11 is 1.76. The van der Waals surface area contributed by atoms with E-state index in [0.717, 1.165) is 41.1 Å². The average Bonchev–Trinajstić information content (AvgIpc) is 3.22. The molecular weight excluding hydrogens is 512 g/mol. The van der Waals surface area contributed by atoms with Crippen LogP contribution in [-0.4, -0.2) is 54.3 Å². The van der Waals surface area contributed by atoms with Gasteiger partial charge in [-0.25, -0.2) is 9.98 Å². The molecule has 0 saturated carbocycles. The van der Waals surface area contributed by atoms with Crippen molar-refractivity contribution in [3.05, 3.63) is 65.9 Å². The van der Waals surface area contributed by atoms with Gasteiger partial charge in [0.2, 0.25) is 17.8 Å². The zero-order valence-corrected chi connectivity index (χ0v) is 22.7. The number of carbonyl (C=O) groups excluding carboxylic acids is 2. The molecule has 1 fully saturated rings. The zero-order valence-electron chi connectivity index (χ0n) is 21.9. The lowest BCUT2D eigenvalue weighted by atomic mass is 10.0. The van der Waals surface area contributed by atoms with Gasteiger partial charge in [0, 0.05) is 36.2 Å². The van der Waals surface area contributed by atoms with Crippen LogP contribution in [0.2, 0.25) is 0 Å². The van der Waals surface area contributed by atoms with Gasteiger partial charge in [0.1, 0.15) is 11.3 Å². The SMILES string of the molecule is Cc1cc2cc(N=C(/N=C\C3CCCCN(CC(=O)NCCSCc4ccccc4)C3=O)NC#N)ccc2o1. The van der Waals surface area contributed by atoms with Gasteiger partial charge in [0.25, 0.3) is 0 Å². The molecule has 2 N–H and O–H groups in total. The van der Waals surface area contributed by atoms with E-state index in [1.54, 1.807) is 22.7 Å². The summed E-state index contributed by atoms with van der Waals surface area (Å²) in [5.74, 6) is 1.78. The van der Waals surface area contributed by atoms with Crippen molar-refractivity contribution in [2.24, 2.45) is 15.9 Å². The van der Waals surface area contributed by atoms with Crippen LogP contribution < -0.4 is 10.6 Å². The molecule has 2 heterocycles. The van der Waals surface area contributed by atoms with Gasteiger partial charge in [-0.2, -0.15) is 17.0 Å². The molecule has 3 aromatic rings. The summed E-state index contributed by atoms with van der Waals surface area (Å²) in [5, 5.41) is 15.5. The monoisotopic (exact) mass is 544 g/mol. The topological polar surface area (TPSA) is 123 Å². The first kappa shape index (κ1) is 27.9. The number of hydrogen-bond acceptors (Lipinski definition) is 6. The number of rotatable bonds is 9. The van der Waals surface area contributed by atoms with Crippen LogP contribution in [0.4, 0.5) is 5.69 Å². The number of benzene rings is 2. The Balaban J connectivity index is 1.31. The molecule has 39 heavy (non-hydrogen) atoms. The Kier molecular flexibility index (Phi) is 10.1. The fraction of sp³-hybridized carbons (Fsp3) is 0.345. The number of thioether (sulfide) groups is 1. The first-order valence-corrected chi connectivity index (χ1v) is 14.1. The number of fused-ring (bicyclic) bond motifs is 1. The lowest BCUT2D eigenvalue weighted by Crippen LogP contribution is -2.43. The Bertz CT molecular complexity index is 1380. The van der Waals surface area contributed by atoms with Gasteiger partial charge in [-0.1, -0.05) is 36.8 Å². The van der Waals surface area contributed by atoms with Crippen LogP contribution in [0.25, 0.3) is 11.0 Å². The van der Waals surface area contributed by atoms with Crippen LogP contribution in [0.5, 0.6) is 0 Å². The van der Waals surface area contributed by atoms with E-state index in [1.165, 1.54) is 11.8 Å². The predicted octanol–water partition coefficient (Wildman–Crippen LogP) is 4.55. The number of aryl methyl sites for hydroxylation is 1. The lowest BCUT2D eigenvalue weighted by molar-refractivity contribution is -0.137. The molecule has 1 aromatic heterocycles. The maximum atomic E-state index is 13.2. The van der Waals surface area contributed by atoms with E-state index >= 15 is 0 Å². The van der Waals surface area contributed by atoms with Gasteiger partial charge in [-0.15, -0.1) is 0 Å². The number of hydrogen-bond donors (Lipinski definition) is 2. The predicted molar refractivity (Wildman–Crippen MR) is 155 cm³/mol. The van der Waals surface area contributed by atoms with Crippen molar-refractivity contribution in [3.63, 3.8) is 0 Å². The van der Waals surface area contributed by atoms with Crippen molar-refractivity contribution in [1.82, 2.24) is 15.5 Å². The average molecular weight is 545 g/mol. The number of aliphatic imine (C=N–C) groups is 2. The van der Waals surface area contributed by atoms with E-state index in [9.17, 15) is 14.9 Å². The van der Waals surface area contributed by atoms with E-state index in [-0.39, 0.29) is 24.3 Å². The van der Waals surface area contributed by atoms with Crippen LogP contribution in [0, 0.1) is 24.3 Å². The van der Waals surface area contributed by atoms with Gasteiger partial charge in [0.15, 0.2) is 6.19 Å². The third-order valence-corrected chi connectivity index (χ3v) is 7.27. The maximum absolute atomic E-state index is 13.2. The summed E-state index contributed by atoms with van der Waals surface area (Å²) < 4.78 is 5.59. The Labute approximate surface area is 232 Å². The van der Waals surface area contributed by atoms with Crippen LogP contribution >= 0.6 is 11.8 Å². The third-order valence-electron chi connectivity index (χ3n) is 6.24. The van der Waals surface area contributed by atoms with E-state index in [2.05, 4.69) is 32.8 Å². The van der Waals surface area contributed by atoms with Crippen molar-refractivity contribution in [1.29, 1.82) is 5.26 Å². The van der Waals surface area contributed by atoms with Crippen molar-refractivity contribution in [3.8, 4) is 6.19 Å². The molecule has 1 aliphatic rings. The first-order chi connectivity index (χ1) is 19.0. The Hall–Kier alpha value is -4.10. The van der Waals surface area contributed by atoms with Gasteiger partial charge >= 0.3 is 0 Å². The number of nitriles is 1. The lowest BCUT2D eigenvalue weighted by Gasteiger charge is -2.22. The fourth-order valence-electron chi connectivity index (χ4n) is 4.34. The smallest absolute Gasteiger partial charge is 0.239 e. The summed E-state index contributed by atoms with van der Waals surface area (Å²) in [5.41, 5.74) is 2.61. The number of guanidine groups is 1. The molecule has 1 saturated heterocycles. The molecule has 0 spiro atoms. The van der Waals surface area contributed by atoms with Crippen molar-refractivity contribution in [2.45, 2.75) is 31.9 Å². The highest BCUT2D eigenvalue weighted by Crippen LogP contribution is 2.24. The van der Waals surface area contributed by atoms with E-state index in [0.29, 0.717) is 25.2 Å². The fourth-order valence-corrected chi connectivity index (χ4v) is 5.16. The molecule has 1 aliphatic heterocycles. The minimum atomic E-state index is -0.494. The summed E-state index contributed by atoms with van der Waals surface area (Å²) in [6.07, 6.45) is 5.66. The molecule has 9 nitrogen and oxygen atoms in total. The highest BCUT2D eigenvalue weighted by Gasteiger charge is 2.27. The van der Waals surface area contributed by atoms with Crippen molar-refractivity contribution < 1.29 is 14.0 Å². The Morgan fingerprint density at radius 2 is 2.08 bits per heavy atom. The Morgan fingerprint density at radius 1 is 1.23 bits per heavy atom. The number of nitrogens with one attached hydrogen (secondary N) is 2. The number of likely N-dealkylation sites (tertiary alicyclic amines) is 1. The maximum Gasteiger partial charge on any atom is 0.239 e. The van der Waals surface area contributed by atoms with Gasteiger partial charge in [-0.3, -0.25) is 14.9 Å². The van der Waals surface area contributed by atoms with Crippen molar-refractivity contribution in [2.75, 3.05) is 25.4 Å². The molecule has 2 amide bonds. The van der Waals surface area contributed by atoms with Gasteiger partial charge in [0.05, 0.1) is 18.2 Å². The molecule has 1 unspecified atom stereocenters. The van der Waals surface area contributed by atoms with Gasteiger partial charge in [-0.05, 0) is 49.6 Å². The minimum Gasteiger partial charge on any atom is -0.461 e. The number of furan rings is 1. The van der Waals surface area contributed by atoms with E-state index in [4.69, 9.17) is 4.42 Å². The van der Waals surface area contributed by atoms with Crippen LogP contribution in [0.3, 0.4) is 0 Å². The molecule has 0 bridgehead atoms. The molecular formula is C29H32N6O3S. The zero-order chi connectivity index (χ0) is 27.5.